The molecule has 2 aromatic rings. The van der Waals surface area contributed by atoms with Gasteiger partial charge >= 0.3 is 0 Å². The summed E-state index contributed by atoms with van der Waals surface area (Å²) in [6, 6.07) is 20.9. The van der Waals surface area contributed by atoms with Gasteiger partial charge < -0.3 is 10.5 Å². The Balaban J connectivity index is 2.63. The zero-order chi connectivity index (χ0) is 14.4. The molecule has 2 aromatic carbocycles. The molecule has 0 aliphatic carbocycles. The molecule has 20 heavy (non-hydrogen) atoms. The lowest BCUT2D eigenvalue weighted by molar-refractivity contribution is 0.132. The Bertz CT molecular complexity index is 470. The van der Waals surface area contributed by atoms with Crippen LogP contribution in [0.2, 0.25) is 0 Å². The molecule has 0 aliphatic rings. The minimum atomic E-state index is -0.300. The van der Waals surface area contributed by atoms with Crippen molar-refractivity contribution in [3.63, 3.8) is 0 Å². The van der Waals surface area contributed by atoms with Crippen molar-refractivity contribution in [3.8, 4) is 0 Å². The minimum Gasteiger partial charge on any atom is -0.383 e. The molecule has 106 valence electrons. The van der Waals surface area contributed by atoms with Crippen molar-refractivity contribution >= 4 is 0 Å². The molecule has 0 bridgehead atoms. The fourth-order valence-corrected chi connectivity index (χ4v) is 2.92. The molecule has 2 N–H and O–H groups in total. The van der Waals surface area contributed by atoms with Gasteiger partial charge in [0.25, 0.3) is 0 Å². The maximum atomic E-state index is 6.52. The predicted octanol–water partition coefficient (Wildman–Crippen LogP) is 3.36. The lowest BCUT2D eigenvalue weighted by Gasteiger charge is -2.39. The maximum absolute atomic E-state index is 6.52. The largest absolute Gasteiger partial charge is 0.383 e. The fourth-order valence-electron chi connectivity index (χ4n) is 2.92. The number of benzene rings is 2. The van der Waals surface area contributed by atoms with Crippen molar-refractivity contribution in [2.75, 3.05) is 13.7 Å². The van der Waals surface area contributed by atoms with E-state index in [2.05, 4.69) is 55.5 Å². The van der Waals surface area contributed by atoms with Crippen molar-refractivity contribution in [2.45, 2.75) is 24.8 Å². The predicted molar refractivity (Wildman–Crippen MR) is 83.8 cm³/mol. The first kappa shape index (κ1) is 14.8. The van der Waals surface area contributed by atoms with Crippen LogP contribution in [0.5, 0.6) is 0 Å². The molecule has 0 aromatic heterocycles. The normalized spacial score (nSPS) is 13.2. The van der Waals surface area contributed by atoms with Gasteiger partial charge in [0.1, 0.15) is 0 Å². The van der Waals surface area contributed by atoms with E-state index in [-0.39, 0.29) is 11.5 Å². The fraction of sp³-hybridized carbons (Fsp3) is 0.333. The van der Waals surface area contributed by atoms with Gasteiger partial charge in [-0.1, -0.05) is 67.6 Å². The van der Waals surface area contributed by atoms with Gasteiger partial charge in [-0.15, -0.1) is 0 Å². The molecular formula is C18H23NO. The molecule has 0 radical (unpaired) electrons. The van der Waals surface area contributed by atoms with Gasteiger partial charge in [0, 0.05) is 13.2 Å². The Kier molecular flexibility index (Phi) is 4.94. The Labute approximate surface area is 121 Å². The van der Waals surface area contributed by atoms with Crippen molar-refractivity contribution < 1.29 is 4.74 Å². The van der Waals surface area contributed by atoms with Crippen LogP contribution in [0.4, 0.5) is 0 Å². The van der Waals surface area contributed by atoms with Crippen molar-refractivity contribution in [1.82, 2.24) is 0 Å². The SMILES string of the molecule is CCC(N)C(COC)(c1ccccc1)c1ccccc1. The van der Waals surface area contributed by atoms with Gasteiger partial charge in [0.05, 0.1) is 12.0 Å². The second-order valence-corrected chi connectivity index (χ2v) is 5.15. The lowest BCUT2D eigenvalue weighted by Crippen LogP contribution is -2.49. The Morgan fingerprint density at radius 3 is 1.75 bits per heavy atom. The number of hydrogen-bond acceptors (Lipinski definition) is 2. The third-order valence-corrected chi connectivity index (χ3v) is 4.02. The molecule has 2 heteroatoms. The molecular weight excluding hydrogens is 246 g/mol. The van der Waals surface area contributed by atoms with Gasteiger partial charge in [0.2, 0.25) is 0 Å². The van der Waals surface area contributed by atoms with Crippen LogP contribution in [0.1, 0.15) is 24.5 Å². The summed E-state index contributed by atoms with van der Waals surface area (Å²) in [6.07, 6.45) is 0.896. The average molecular weight is 269 g/mol. The summed E-state index contributed by atoms with van der Waals surface area (Å²) in [7, 11) is 1.74. The van der Waals surface area contributed by atoms with Crippen molar-refractivity contribution in [2.24, 2.45) is 5.73 Å². The van der Waals surface area contributed by atoms with E-state index in [1.54, 1.807) is 7.11 Å². The highest BCUT2D eigenvalue weighted by atomic mass is 16.5. The standard InChI is InChI=1S/C18H23NO/c1-3-17(19)18(14-20-2,15-10-6-4-7-11-15)16-12-8-5-9-13-16/h4-13,17H,3,14,19H2,1-2H3. The first-order valence-electron chi connectivity index (χ1n) is 7.11. The second kappa shape index (κ2) is 6.69. The number of rotatable bonds is 6. The Morgan fingerprint density at radius 2 is 1.40 bits per heavy atom. The minimum absolute atomic E-state index is 0.00671. The quantitative estimate of drug-likeness (QED) is 0.872. The molecule has 2 nitrogen and oxygen atoms in total. The number of ether oxygens (including phenoxy) is 1. The van der Waals surface area contributed by atoms with Crippen LogP contribution < -0.4 is 5.73 Å². The molecule has 0 saturated carbocycles. The van der Waals surface area contributed by atoms with Crippen molar-refractivity contribution in [3.05, 3.63) is 71.8 Å². The molecule has 0 amide bonds. The summed E-state index contributed by atoms with van der Waals surface area (Å²) in [4.78, 5) is 0. The van der Waals surface area contributed by atoms with E-state index in [9.17, 15) is 0 Å². The highest BCUT2D eigenvalue weighted by Gasteiger charge is 2.39. The highest BCUT2D eigenvalue weighted by molar-refractivity contribution is 5.41. The van der Waals surface area contributed by atoms with Crippen LogP contribution in [0.3, 0.4) is 0 Å². The van der Waals surface area contributed by atoms with Crippen LogP contribution >= 0.6 is 0 Å². The molecule has 0 heterocycles. The maximum Gasteiger partial charge on any atom is 0.0615 e. The Hall–Kier alpha value is -1.64. The third kappa shape index (κ3) is 2.62. The summed E-state index contributed by atoms with van der Waals surface area (Å²) < 4.78 is 5.56. The average Bonchev–Trinajstić information content (AvgIpc) is 2.53. The first-order valence-corrected chi connectivity index (χ1v) is 7.11. The van der Waals surface area contributed by atoms with Gasteiger partial charge in [-0.25, -0.2) is 0 Å². The van der Waals surface area contributed by atoms with Crippen LogP contribution in [0.15, 0.2) is 60.7 Å². The second-order valence-electron chi connectivity index (χ2n) is 5.15. The summed E-state index contributed by atoms with van der Waals surface area (Å²) in [6.45, 7) is 2.71. The van der Waals surface area contributed by atoms with E-state index in [1.165, 1.54) is 11.1 Å². The molecule has 1 unspecified atom stereocenters. The summed E-state index contributed by atoms with van der Waals surface area (Å²) in [5, 5.41) is 0. The van der Waals surface area contributed by atoms with E-state index in [4.69, 9.17) is 10.5 Å². The smallest absolute Gasteiger partial charge is 0.0615 e. The van der Waals surface area contributed by atoms with Gasteiger partial charge in [-0.2, -0.15) is 0 Å². The molecule has 2 rings (SSSR count). The first-order chi connectivity index (χ1) is 9.75. The van der Waals surface area contributed by atoms with E-state index in [1.807, 2.05) is 12.1 Å². The number of hydrogen-bond donors (Lipinski definition) is 1. The Morgan fingerprint density at radius 1 is 0.950 bits per heavy atom. The molecule has 0 saturated heterocycles. The lowest BCUT2D eigenvalue weighted by atomic mass is 9.69. The van der Waals surface area contributed by atoms with Gasteiger partial charge in [-0.3, -0.25) is 0 Å². The van der Waals surface area contributed by atoms with Crippen molar-refractivity contribution in [1.29, 1.82) is 0 Å². The summed E-state index contributed by atoms with van der Waals surface area (Å²) >= 11 is 0. The molecule has 0 aliphatic heterocycles. The topological polar surface area (TPSA) is 35.2 Å². The van der Waals surface area contributed by atoms with E-state index in [0.717, 1.165) is 6.42 Å². The van der Waals surface area contributed by atoms with Gasteiger partial charge in [0.15, 0.2) is 0 Å². The third-order valence-electron chi connectivity index (χ3n) is 4.02. The summed E-state index contributed by atoms with van der Waals surface area (Å²) in [5.41, 5.74) is 8.64. The monoisotopic (exact) mass is 269 g/mol. The van der Waals surface area contributed by atoms with E-state index < -0.39 is 0 Å². The molecule has 1 atom stereocenters. The number of methoxy groups -OCH3 is 1. The highest BCUT2D eigenvalue weighted by Crippen LogP contribution is 2.36. The van der Waals surface area contributed by atoms with E-state index in [0.29, 0.717) is 6.61 Å². The molecule has 0 spiro atoms. The summed E-state index contributed by atoms with van der Waals surface area (Å²) in [5.74, 6) is 0. The van der Waals surface area contributed by atoms with Crippen LogP contribution in [0, 0.1) is 0 Å². The van der Waals surface area contributed by atoms with Gasteiger partial charge in [-0.05, 0) is 17.5 Å². The number of nitrogens with two attached hydrogens (primary N) is 1. The molecule has 0 fully saturated rings. The zero-order valence-corrected chi connectivity index (χ0v) is 12.3. The van der Waals surface area contributed by atoms with Crippen LogP contribution in [0.25, 0.3) is 0 Å². The van der Waals surface area contributed by atoms with Crippen LogP contribution in [-0.2, 0) is 10.2 Å². The zero-order valence-electron chi connectivity index (χ0n) is 12.3. The van der Waals surface area contributed by atoms with Crippen LogP contribution in [-0.4, -0.2) is 19.8 Å². The van der Waals surface area contributed by atoms with E-state index >= 15 is 0 Å².